The lowest BCUT2D eigenvalue weighted by Crippen LogP contribution is -2.27. The second kappa shape index (κ2) is 4.69. The highest BCUT2D eigenvalue weighted by Crippen LogP contribution is 2.04. The van der Waals surface area contributed by atoms with Crippen LogP contribution in [0.4, 0.5) is 0 Å². The third-order valence-electron chi connectivity index (χ3n) is 2.34. The number of nitrogens with zero attached hydrogens (tertiary/aromatic N) is 6. The predicted molar refractivity (Wildman–Crippen MR) is 58.8 cm³/mol. The van der Waals surface area contributed by atoms with Gasteiger partial charge >= 0.3 is 0 Å². The molecule has 2 rings (SSSR count). The van der Waals surface area contributed by atoms with Crippen LogP contribution >= 0.6 is 0 Å². The van der Waals surface area contributed by atoms with Crippen molar-refractivity contribution in [3.05, 3.63) is 35.9 Å². The number of aryl methyl sites for hydroxylation is 1. The molecule has 0 unspecified atom stereocenters. The van der Waals surface area contributed by atoms with Crippen LogP contribution in [0.5, 0.6) is 0 Å². The molecule has 17 heavy (non-hydrogen) atoms. The first kappa shape index (κ1) is 11.2. The molecule has 0 aliphatic carbocycles. The lowest BCUT2D eigenvalue weighted by Gasteiger charge is -2.15. The average Bonchev–Trinajstić information content (AvgIpc) is 2.75. The van der Waals surface area contributed by atoms with Crippen molar-refractivity contribution in [2.75, 3.05) is 7.05 Å². The Morgan fingerprint density at radius 3 is 2.94 bits per heavy atom. The van der Waals surface area contributed by atoms with Crippen molar-refractivity contribution in [3.63, 3.8) is 0 Å². The molecule has 0 aliphatic heterocycles. The summed E-state index contributed by atoms with van der Waals surface area (Å²) >= 11 is 0. The summed E-state index contributed by atoms with van der Waals surface area (Å²) in [6.45, 7) is 0.358. The molecule has 2 heterocycles. The quantitative estimate of drug-likeness (QED) is 0.737. The van der Waals surface area contributed by atoms with Crippen LogP contribution in [0.15, 0.2) is 24.5 Å². The van der Waals surface area contributed by atoms with Gasteiger partial charge in [-0.15, -0.1) is 5.10 Å². The molecule has 0 saturated carbocycles. The average molecular weight is 232 g/mol. The van der Waals surface area contributed by atoms with Crippen LogP contribution in [-0.2, 0) is 13.6 Å². The highest BCUT2D eigenvalue weighted by atomic mass is 16.2. The molecule has 0 saturated heterocycles. The molecule has 0 atom stereocenters. The van der Waals surface area contributed by atoms with Gasteiger partial charge in [-0.25, -0.2) is 4.68 Å². The number of amides is 1. The van der Waals surface area contributed by atoms with Gasteiger partial charge in [-0.1, -0.05) is 0 Å². The minimum Gasteiger partial charge on any atom is -0.334 e. The Bertz CT molecular complexity index is 509. The first-order chi connectivity index (χ1) is 8.18. The van der Waals surface area contributed by atoms with Gasteiger partial charge in [0.2, 0.25) is 0 Å². The Balaban J connectivity index is 2.09. The summed E-state index contributed by atoms with van der Waals surface area (Å²) in [6.07, 6.45) is 3.16. The zero-order valence-electron chi connectivity index (χ0n) is 9.61. The zero-order valence-corrected chi connectivity index (χ0v) is 9.61. The van der Waals surface area contributed by atoms with E-state index in [0.717, 1.165) is 0 Å². The Kier molecular flexibility index (Phi) is 3.08. The summed E-state index contributed by atoms with van der Waals surface area (Å²) in [5, 5.41) is 11.1. The maximum atomic E-state index is 12.0. The molecule has 0 spiro atoms. The van der Waals surface area contributed by atoms with E-state index in [1.807, 2.05) is 0 Å². The van der Waals surface area contributed by atoms with Crippen molar-refractivity contribution < 1.29 is 4.79 Å². The van der Waals surface area contributed by atoms with E-state index in [-0.39, 0.29) is 5.91 Å². The van der Waals surface area contributed by atoms with Crippen molar-refractivity contribution in [1.82, 2.24) is 30.1 Å². The fraction of sp³-hybridized carbons (Fsp3) is 0.300. The Labute approximate surface area is 98.1 Å². The van der Waals surface area contributed by atoms with Gasteiger partial charge in [-0.05, 0) is 22.6 Å². The van der Waals surface area contributed by atoms with Crippen LogP contribution in [0.25, 0.3) is 0 Å². The van der Waals surface area contributed by atoms with Crippen molar-refractivity contribution >= 4 is 5.91 Å². The Morgan fingerprint density at radius 2 is 2.35 bits per heavy atom. The van der Waals surface area contributed by atoms with Crippen LogP contribution in [-0.4, -0.2) is 43.0 Å². The number of tetrazole rings is 1. The number of carbonyl (C=O) groups excluding carboxylic acids is 1. The second-order valence-electron chi connectivity index (χ2n) is 3.62. The smallest absolute Gasteiger partial charge is 0.255 e. The van der Waals surface area contributed by atoms with Gasteiger partial charge in [0.1, 0.15) is 0 Å². The molecule has 7 heteroatoms. The van der Waals surface area contributed by atoms with Crippen LogP contribution in [0.1, 0.15) is 16.2 Å². The molecule has 0 bridgehead atoms. The molecule has 2 aromatic rings. The topological polar surface area (TPSA) is 76.8 Å². The Hall–Kier alpha value is -2.31. The van der Waals surface area contributed by atoms with Crippen molar-refractivity contribution in [3.8, 4) is 0 Å². The third-order valence-corrected chi connectivity index (χ3v) is 2.34. The molecular weight excluding hydrogens is 220 g/mol. The monoisotopic (exact) mass is 232 g/mol. The van der Waals surface area contributed by atoms with E-state index in [9.17, 15) is 4.79 Å². The third kappa shape index (κ3) is 2.44. The number of pyridine rings is 1. The maximum Gasteiger partial charge on any atom is 0.255 e. The van der Waals surface area contributed by atoms with E-state index in [4.69, 9.17) is 0 Å². The summed E-state index contributed by atoms with van der Waals surface area (Å²) in [7, 11) is 3.43. The minimum absolute atomic E-state index is 0.110. The number of aromatic nitrogens is 5. The first-order valence-corrected chi connectivity index (χ1v) is 5.05. The molecule has 0 aromatic carbocycles. The zero-order chi connectivity index (χ0) is 12.3. The van der Waals surface area contributed by atoms with E-state index in [2.05, 4.69) is 20.5 Å². The standard InChI is InChI=1S/C10H12N6O/c1-15(7-9-12-13-14-16(9)2)10(17)8-4-3-5-11-6-8/h3-6H,7H2,1-2H3. The molecular formula is C10H12N6O. The maximum absolute atomic E-state index is 12.0. The highest BCUT2D eigenvalue weighted by molar-refractivity contribution is 5.93. The SMILES string of the molecule is CN(Cc1nnnn1C)C(=O)c1cccnc1. The summed E-state index contributed by atoms with van der Waals surface area (Å²) in [5.74, 6) is 0.519. The van der Waals surface area contributed by atoms with Crippen LogP contribution < -0.4 is 0 Å². The van der Waals surface area contributed by atoms with Gasteiger partial charge in [-0.2, -0.15) is 0 Å². The number of hydrogen-bond acceptors (Lipinski definition) is 5. The molecule has 88 valence electrons. The van der Waals surface area contributed by atoms with E-state index >= 15 is 0 Å². The van der Waals surface area contributed by atoms with Crippen molar-refractivity contribution in [1.29, 1.82) is 0 Å². The number of carbonyl (C=O) groups is 1. The van der Waals surface area contributed by atoms with Crippen molar-refractivity contribution in [2.24, 2.45) is 7.05 Å². The summed E-state index contributed by atoms with van der Waals surface area (Å²) < 4.78 is 1.53. The van der Waals surface area contributed by atoms with Gasteiger partial charge in [-0.3, -0.25) is 9.78 Å². The largest absolute Gasteiger partial charge is 0.334 e. The van der Waals surface area contributed by atoms with Crippen LogP contribution in [0.3, 0.4) is 0 Å². The molecule has 0 N–H and O–H groups in total. The van der Waals surface area contributed by atoms with Gasteiger partial charge in [0.15, 0.2) is 5.82 Å². The summed E-state index contributed by atoms with van der Waals surface area (Å²) in [5.41, 5.74) is 0.546. The fourth-order valence-corrected chi connectivity index (χ4v) is 1.38. The lowest BCUT2D eigenvalue weighted by molar-refractivity contribution is 0.0779. The molecule has 0 aliphatic rings. The molecule has 0 radical (unpaired) electrons. The van der Waals surface area contributed by atoms with E-state index < -0.39 is 0 Å². The molecule has 2 aromatic heterocycles. The molecule has 1 amide bonds. The summed E-state index contributed by atoms with van der Waals surface area (Å²) in [6, 6.07) is 3.45. The van der Waals surface area contributed by atoms with Crippen LogP contribution in [0, 0.1) is 0 Å². The molecule has 7 nitrogen and oxygen atoms in total. The second-order valence-corrected chi connectivity index (χ2v) is 3.62. The fourth-order valence-electron chi connectivity index (χ4n) is 1.38. The highest BCUT2D eigenvalue weighted by Gasteiger charge is 2.14. The lowest BCUT2D eigenvalue weighted by atomic mass is 10.2. The normalized spacial score (nSPS) is 10.2. The van der Waals surface area contributed by atoms with E-state index in [1.54, 1.807) is 37.3 Å². The predicted octanol–water partition coefficient (Wildman–Crippen LogP) is -0.123. The first-order valence-electron chi connectivity index (χ1n) is 5.05. The minimum atomic E-state index is -0.110. The van der Waals surface area contributed by atoms with E-state index in [1.165, 1.54) is 10.9 Å². The van der Waals surface area contributed by atoms with Gasteiger partial charge < -0.3 is 4.90 Å². The Morgan fingerprint density at radius 1 is 1.53 bits per heavy atom. The van der Waals surface area contributed by atoms with E-state index in [0.29, 0.717) is 17.9 Å². The van der Waals surface area contributed by atoms with Gasteiger partial charge in [0, 0.05) is 26.5 Å². The van der Waals surface area contributed by atoms with Crippen molar-refractivity contribution in [2.45, 2.75) is 6.54 Å². The number of hydrogen-bond donors (Lipinski definition) is 0. The summed E-state index contributed by atoms with van der Waals surface area (Å²) in [4.78, 5) is 17.4. The number of rotatable bonds is 3. The van der Waals surface area contributed by atoms with Gasteiger partial charge in [0.25, 0.3) is 5.91 Å². The van der Waals surface area contributed by atoms with Gasteiger partial charge in [0.05, 0.1) is 12.1 Å². The molecule has 0 fully saturated rings. The van der Waals surface area contributed by atoms with Crippen LogP contribution in [0.2, 0.25) is 0 Å².